The van der Waals surface area contributed by atoms with E-state index in [4.69, 9.17) is 9.51 Å². The third-order valence-electron chi connectivity index (χ3n) is 5.88. The third-order valence-corrected chi connectivity index (χ3v) is 5.88. The van der Waals surface area contributed by atoms with Crippen LogP contribution in [0.2, 0.25) is 0 Å². The molecule has 8 heteroatoms. The van der Waals surface area contributed by atoms with Gasteiger partial charge in [0, 0.05) is 49.8 Å². The van der Waals surface area contributed by atoms with E-state index in [0.717, 1.165) is 33.9 Å². The van der Waals surface area contributed by atoms with E-state index in [1.165, 1.54) is 0 Å². The molecule has 1 saturated heterocycles. The molecule has 33 heavy (non-hydrogen) atoms. The standard InChI is InChI=1S/C25H29N5O3/c1-5-30-14-19(11-22(30)31)25(32)27-12-17-6-8-18(9-7-17)23-20(21-10-16(4)29-33-21)13-26-24(28-23)15(2)3/h6-10,13,15,19H,5,11-12,14H2,1-4H3,(H,27,32)/t19-/m0/s1. The van der Waals surface area contributed by atoms with Gasteiger partial charge in [-0.05, 0) is 19.4 Å². The molecule has 0 bridgehead atoms. The van der Waals surface area contributed by atoms with Crippen LogP contribution in [0, 0.1) is 12.8 Å². The lowest BCUT2D eigenvalue weighted by Crippen LogP contribution is -2.32. The van der Waals surface area contributed by atoms with Crippen molar-refractivity contribution in [3.63, 3.8) is 0 Å². The van der Waals surface area contributed by atoms with E-state index in [2.05, 4.69) is 29.3 Å². The number of aryl methyl sites for hydroxylation is 1. The Labute approximate surface area is 193 Å². The third kappa shape index (κ3) is 4.94. The number of rotatable bonds is 7. The molecule has 2 aromatic heterocycles. The van der Waals surface area contributed by atoms with Crippen LogP contribution in [0.1, 0.15) is 50.2 Å². The lowest BCUT2D eigenvalue weighted by molar-refractivity contribution is -0.128. The normalized spacial score (nSPS) is 16.0. The minimum atomic E-state index is -0.278. The molecule has 1 atom stereocenters. The molecule has 0 aliphatic carbocycles. The molecule has 1 fully saturated rings. The van der Waals surface area contributed by atoms with Gasteiger partial charge in [0.2, 0.25) is 11.8 Å². The van der Waals surface area contributed by atoms with Crippen molar-refractivity contribution in [3.05, 3.63) is 53.6 Å². The lowest BCUT2D eigenvalue weighted by Gasteiger charge is -2.14. The summed E-state index contributed by atoms with van der Waals surface area (Å²) in [7, 11) is 0. The maximum Gasteiger partial charge on any atom is 0.225 e. The van der Waals surface area contributed by atoms with Crippen LogP contribution in [-0.4, -0.2) is 44.9 Å². The summed E-state index contributed by atoms with van der Waals surface area (Å²) >= 11 is 0. The molecule has 1 aliphatic heterocycles. The largest absolute Gasteiger partial charge is 0.356 e. The Morgan fingerprint density at radius 2 is 2.03 bits per heavy atom. The highest BCUT2D eigenvalue weighted by Gasteiger charge is 2.33. The highest BCUT2D eigenvalue weighted by atomic mass is 16.5. The molecule has 3 aromatic rings. The molecule has 1 aromatic carbocycles. The Hall–Kier alpha value is -3.55. The first-order chi connectivity index (χ1) is 15.9. The second-order valence-corrected chi connectivity index (χ2v) is 8.73. The fourth-order valence-electron chi connectivity index (χ4n) is 3.93. The molecular formula is C25H29N5O3. The minimum absolute atomic E-state index is 0.0466. The van der Waals surface area contributed by atoms with E-state index in [9.17, 15) is 9.59 Å². The summed E-state index contributed by atoms with van der Waals surface area (Å²) in [4.78, 5) is 35.4. The van der Waals surface area contributed by atoms with Gasteiger partial charge in [0.05, 0.1) is 22.9 Å². The van der Waals surface area contributed by atoms with Gasteiger partial charge in [-0.3, -0.25) is 9.59 Å². The van der Waals surface area contributed by atoms with Crippen LogP contribution < -0.4 is 5.32 Å². The number of nitrogens with one attached hydrogen (secondary N) is 1. The highest BCUT2D eigenvalue weighted by molar-refractivity contribution is 5.89. The van der Waals surface area contributed by atoms with Gasteiger partial charge >= 0.3 is 0 Å². The highest BCUT2D eigenvalue weighted by Crippen LogP contribution is 2.31. The van der Waals surface area contributed by atoms with Crippen LogP contribution in [0.5, 0.6) is 0 Å². The second kappa shape index (κ2) is 9.52. The number of aromatic nitrogens is 3. The van der Waals surface area contributed by atoms with E-state index in [1.807, 2.05) is 44.2 Å². The summed E-state index contributed by atoms with van der Waals surface area (Å²) in [6.07, 6.45) is 2.07. The Bertz CT molecular complexity index is 1150. The molecule has 0 radical (unpaired) electrons. The topological polar surface area (TPSA) is 101 Å². The fraction of sp³-hybridized carbons (Fsp3) is 0.400. The van der Waals surface area contributed by atoms with Crippen LogP contribution in [0.15, 0.2) is 41.1 Å². The van der Waals surface area contributed by atoms with Crippen LogP contribution in [0.25, 0.3) is 22.6 Å². The van der Waals surface area contributed by atoms with Crippen LogP contribution in [-0.2, 0) is 16.1 Å². The molecule has 0 saturated carbocycles. The number of amides is 2. The number of benzene rings is 1. The summed E-state index contributed by atoms with van der Waals surface area (Å²) in [6.45, 7) is 9.46. The van der Waals surface area contributed by atoms with Gasteiger partial charge in [0.25, 0.3) is 0 Å². The molecule has 4 rings (SSSR count). The van der Waals surface area contributed by atoms with Crippen LogP contribution >= 0.6 is 0 Å². The van der Waals surface area contributed by atoms with Crippen molar-refractivity contribution < 1.29 is 14.1 Å². The molecule has 0 spiro atoms. The maximum absolute atomic E-state index is 12.5. The predicted octanol–water partition coefficient (Wildman–Crippen LogP) is 3.72. The second-order valence-electron chi connectivity index (χ2n) is 8.73. The number of carbonyl (C=O) groups is 2. The predicted molar refractivity (Wildman–Crippen MR) is 124 cm³/mol. The number of hydrogen-bond acceptors (Lipinski definition) is 6. The zero-order valence-electron chi connectivity index (χ0n) is 19.5. The number of carbonyl (C=O) groups excluding carboxylic acids is 2. The summed E-state index contributed by atoms with van der Waals surface area (Å²) in [5.41, 5.74) is 4.26. The van der Waals surface area contributed by atoms with Crippen molar-refractivity contribution in [1.82, 2.24) is 25.3 Å². The van der Waals surface area contributed by atoms with E-state index in [1.54, 1.807) is 11.1 Å². The molecule has 1 N–H and O–H groups in total. The first-order valence-electron chi connectivity index (χ1n) is 11.3. The number of nitrogens with zero attached hydrogens (tertiary/aromatic N) is 4. The van der Waals surface area contributed by atoms with Gasteiger partial charge in [-0.2, -0.15) is 0 Å². The van der Waals surface area contributed by atoms with E-state index in [0.29, 0.717) is 25.4 Å². The minimum Gasteiger partial charge on any atom is -0.356 e. The van der Waals surface area contributed by atoms with Gasteiger partial charge in [-0.15, -0.1) is 0 Å². The van der Waals surface area contributed by atoms with Crippen molar-refractivity contribution in [2.24, 2.45) is 5.92 Å². The van der Waals surface area contributed by atoms with Gasteiger partial charge in [0.1, 0.15) is 5.82 Å². The van der Waals surface area contributed by atoms with Crippen molar-refractivity contribution in [2.75, 3.05) is 13.1 Å². The van der Waals surface area contributed by atoms with Crippen molar-refractivity contribution in [2.45, 2.75) is 46.6 Å². The van der Waals surface area contributed by atoms with E-state index < -0.39 is 0 Å². The molecular weight excluding hydrogens is 418 g/mol. The summed E-state index contributed by atoms with van der Waals surface area (Å²) in [6, 6.07) is 9.78. The average molecular weight is 448 g/mol. The molecule has 0 unspecified atom stereocenters. The molecule has 8 nitrogen and oxygen atoms in total. The van der Waals surface area contributed by atoms with Gasteiger partial charge in [-0.1, -0.05) is 43.3 Å². The van der Waals surface area contributed by atoms with Gasteiger partial charge < -0.3 is 14.7 Å². The molecule has 172 valence electrons. The summed E-state index contributed by atoms with van der Waals surface area (Å²) in [5, 5.41) is 6.96. The molecule has 1 aliphatic rings. The zero-order chi connectivity index (χ0) is 23.5. The first-order valence-corrected chi connectivity index (χ1v) is 11.3. The van der Waals surface area contributed by atoms with E-state index >= 15 is 0 Å². The van der Waals surface area contributed by atoms with Crippen molar-refractivity contribution >= 4 is 11.8 Å². The lowest BCUT2D eigenvalue weighted by atomic mass is 10.0. The SMILES string of the molecule is CCN1C[C@@H](C(=O)NCc2ccc(-c3nc(C(C)C)ncc3-c3cc(C)no3)cc2)CC1=O. The molecule has 2 amide bonds. The number of likely N-dealkylation sites (tertiary alicyclic amines) is 1. The average Bonchev–Trinajstić information content (AvgIpc) is 3.42. The Balaban J connectivity index is 1.50. The van der Waals surface area contributed by atoms with E-state index in [-0.39, 0.29) is 30.1 Å². The number of hydrogen-bond donors (Lipinski definition) is 1. The maximum atomic E-state index is 12.5. The van der Waals surface area contributed by atoms with Crippen molar-refractivity contribution in [3.8, 4) is 22.6 Å². The zero-order valence-corrected chi connectivity index (χ0v) is 19.5. The first kappa shape index (κ1) is 22.6. The Kier molecular flexibility index (Phi) is 6.53. The summed E-state index contributed by atoms with van der Waals surface area (Å²) in [5.74, 6) is 1.26. The van der Waals surface area contributed by atoms with Gasteiger partial charge in [0.15, 0.2) is 5.76 Å². The van der Waals surface area contributed by atoms with Crippen LogP contribution in [0.3, 0.4) is 0 Å². The van der Waals surface area contributed by atoms with Crippen molar-refractivity contribution in [1.29, 1.82) is 0 Å². The molecule has 3 heterocycles. The Morgan fingerprint density at radius 3 is 2.64 bits per heavy atom. The monoisotopic (exact) mass is 447 g/mol. The summed E-state index contributed by atoms with van der Waals surface area (Å²) < 4.78 is 5.47. The Morgan fingerprint density at radius 1 is 1.27 bits per heavy atom. The quantitative estimate of drug-likeness (QED) is 0.592. The smallest absolute Gasteiger partial charge is 0.225 e. The van der Waals surface area contributed by atoms with Gasteiger partial charge in [-0.25, -0.2) is 9.97 Å². The van der Waals surface area contributed by atoms with Crippen LogP contribution in [0.4, 0.5) is 0 Å². The fourth-order valence-corrected chi connectivity index (χ4v) is 3.93.